The van der Waals surface area contributed by atoms with E-state index in [1.807, 2.05) is 26.8 Å². The van der Waals surface area contributed by atoms with Crippen molar-refractivity contribution in [3.8, 4) is 16.9 Å². The number of carbonyl (C=O) groups excluding carboxylic acids is 1. The van der Waals surface area contributed by atoms with Crippen LogP contribution in [0.25, 0.3) is 11.1 Å². The van der Waals surface area contributed by atoms with Crippen LogP contribution in [0.4, 0.5) is 0 Å². The lowest BCUT2D eigenvalue weighted by atomic mass is 9.83. The molecule has 2 aromatic carbocycles. The molecule has 2 aromatic rings. The van der Waals surface area contributed by atoms with Crippen molar-refractivity contribution in [1.82, 2.24) is 5.32 Å². The second-order valence-corrected chi connectivity index (χ2v) is 9.84. The molecule has 2 rings (SSSR count). The van der Waals surface area contributed by atoms with Crippen molar-refractivity contribution in [1.29, 1.82) is 0 Å². The maximum absolute atomic E-state index is 13.0. The standard InChI is InChI=1S/C26H37NO2/c1-9-19-17-21(29-8)14-15-22(19)20-12-10-18(11-13-20)16-23(27-26(5,6)7)24(28)25(2,3)4/h10-15,17,23,27H,9,16H2,1-8H3/t23-/m0/s1. The lowest BCUT2D eigenvalue weighted by Gasteiger charge is -2.32. The van der Waals surface area contributed by atoms with Crippen molar-refractivity contribution in [3.05, 3.63) is 53.6 Å². The van der Waals surface area contributed by atoms with E-state index in [-0.39, 0.29) is 22.8 Å². The van der Waals surface area contributed by atoms with Gasteiger partial charge in [-0.3, -0.25) is 4.79 Å². The number of rotatable bonds is 7. The van der Waals surface area contributed by atoms with Gasteiger partial charge in [0.1, 0.15) is 5.75 Å². The lowest BCUT2D eigenvalue weighted by molar-refractivity contribution is -0.128. The van der Waals surface area contributed by atoms with Crippen molar-refractivity contribution >= 4 is 5.78 Å². The molecule has 0 saturated heterocycles. The second kappa shape index (κ2) is 9.13. The van der Waals surface area contributed by atoms with E-state index in [1.165, 1.54) is 22.3 Å². The van der Waals surface area contributed by atoms with E-state index in [4.69, 9.17) is 4.74 Å². The molecule has 0 saturated carbocycles. The Morgan fingerprint density at radius 1 is 1.00 bits per heavy atom. The van der Waals surface area contributed by atoms with Gasteiger partial charge >= 0.3 is 0 Å². The van der Waals surface area contributed by atoms with Crippen LogP contribution in [-0.2, 0) is 17.6 Å². The van der Waals surface area contributed by atoms with E-state index in [2.05, 4.69) is 69.4 Å². The van der Waals surface area contributed by atoms with Crippen LogP contribution in [0.15, 0.2) is 42.5 Å². The number of carbonyl (C=O) groups is 1. The van der Waals surface area contributed by atoms with Crippen molar-refractivity contribution < 1.29 is 9.53 Å². The Hall–Kier alpha value is -2.13. The Balaban J connectivity index is 2.27. The van der Waals surface area contributed by atoms with E-state index in [0.29, 0.717) is 6.42 Å². The predicted octanol–water partition coefficient (Wildman–Crippen LogP) is 5.84. The number of hydrogen-bond donors (Lipinski definition) is 1. The third-order valence-electron chi connectivity index (χ3n) is 5.06. The molecule has 0 bridgehead atoms. The Morgan fingerprint density at radius 2 is 1.62 bits per heavy atom. The van der Waals surface area contributed by atoms with Crippen molar-refractivity contribution in [2.45, 2.75) is 72.9 Å². The van der Waals surface area contributed by atoms with Crippen LogP contribution in [-0.4, -0.2) is 24.5 Å². The molecule has 0 aliphatic carbocycles. The fraction of sp³-hybridized carbons (Fsp3) is 0.500. The molecule has 0 aliphatic heterocycles. The topological polar surface area (TPSA) is 38.3 Å². The number of nitrogens with one attached hydrogen (secondary N) is 1. The summed E-state index contributed by atoms with van der Waals surface area (Å²) in [6, 6.07) is 14.6. The molecular formula is C26H37NO2. The Morgan fingerprint density at radius 3 is 2.10 bits per heavy atom. The Labute approximate surface area is 176 Å². The summed E-state index contributed by atoms with van der Waals surface area (Å²) in [5.41, 5.74) is 4.37. The summed E-state index contributed by atoms with van der Waals surface area (Å²) in [4.78, 5) is 13.0. The highest BCUT2D eigenvalue weighted by atomic mass is 16.5. The zero-order chi connectivity index (χ0) is 21.8. The highest BCUT2D eigenvalue weighted by Gasteiger charge is 2.32. The smallest absolute Gasteiger partial charge is 0.155 e. The van der Waals surface area contributed by atoms with Crippen molar-refractivity contribution in [2.75, 3.05) is 7.11 Å². The molecule has 0 radical (unpaired) electrons. The minimum atomic E-state index is -0.373. The third-order valence-corrected chi connectivity index (χ3v) is 5.06. The van der Waals surface area contributed by atoms with Crippen LogP contribution >= 0.6 is 0 Å². The number of aryl methyl sites for hydroxylation is 1. The molecule has 0 heterocycles. The van der Waals surface area contributed by atoms with Gasteiger partial charge in [-0.2, -0.15) is 0 Å². The highest BCUT2D eigenvalue weighted by Crippen LogP contribution is 2.29. The SMILES string of the molecule is CCc1cc(OC)ccc1-c1ccc(C[C@H](NC(C)(C)C)C(=O)C(C)(C)C)cc1. The molecule has 1 N–H and O–H groups in total. The first kappa shape index (κ1) is 23.2. The van der Waals surface area contributed by atoms with E-state index in [1.54, 1.807) is 7.11 Å². The van der Waals surface area contributed by atoms with Gasteiger partial charge in [0.15, 0.2) is 5.78 Å². The molecule has 29 heavy (non-hydrogen) atoms. The van der Waals surface area contributed by atoms with E-state index in [9.17, 15) is 4.79 Å². The second-order valence-electron chi connectivity index (χ2n) is 9.84. The Kier molecular flexibility index (Phi) is 7.29. The predicted molar refractivity (Wildman–Crippen MR) is 123 cm³/mol. The number of benzene rings is 2. The molecule has 0 aliphatic rings. The summed E-state index contributed by atoms with van der Waals surface area (Å²) in [5.74, 6) is 1.14. The molecule has 1 atom stereocenters. The molecule has 0 aromatic heterocycles. The summed E-state index contributed by atoms with van der Waals surface area (Å²) in [6.45, 7) is 14.5. The van der Waals surface area contributed by atoms with E-state index < -0.39 is 0 Å². The molecule has 3 nitrogen and oxygen atoms in total. The van der Waals surface area contributed by atoms with Gasteiger partial charge < -0.3 is 10.1 Å². The van der Waals surface area contributed by atoms with Gasteiger partial charge in [-0.1, -0.05) is 58.0 Å². The molecule has 158 valence electrons. The molecule has 3 heteroatoms. The Bertz CT molecular complexity index is 823. The molecule has 0 fully saturated rings. The number of Topliss-reactive ketones (excluding diaryl/α,β-unsaturated/α-hetero) is 1. The monoisotopic (exact) mass is 395 g/mol. The van der Waals surface area contributed by atoms with Crippen LogP contribution < -0.4 is 10.1 Å². The van der Waals surface area contributed by atoms with Gasteiger partial charge in [-0.05, 0) is 68.0 Å². The number of ether oxygens (including phenoxy) is 1. The third kappa shape index (κ3) is 6.43. The van der Waals surface area contributed by atoms with Gasteiger partial charge in [-0.25, -0.2) is 0 Å². The average Bonchev–Trinajstić information content (AvgIpc) is 2.65. The summed E-state index contributed by atoms with van der Waals surface area (Å²) >= 11 is 0. The first-order valence-electron chi connectivity index (χ1n) is 10.5. The first-order chi connectivity index (χ1) is 13.4. The van der Waals surface area contributed by atoms with Crippen molar-refractivity contribution in [2.24, 2.45) is 5.41 Å². The van der Waals surface area contributed by atoms with Crippen LogP contribution in [0.3, 0.4) is 0 Å². The summed E-state index contributed by atoms with van der Waals surface area (Å²) in [7, 11) is 1.70. The molecule has 0 amide bonds. The minimum absolute atomic E-state index is 0.120. The number of hydrogen-bond acceptors (Lipinski definition) is 3. The van der Waals surface area contributed by atoms with E-state index >= 15 is 0 Å². The fourth-order valence-electron chi connectivity index (χ4n) is 3.58. The van der Waals surface area contributed by atoms with Gasteiger partial charge in [0.2, 0.25) is 0 Å². The zero-order valence-electron chi connectivity index (χ0n) is 19.3. The summed E-state index contributed by atoms with van der Waals surface area (Å²) < 4.78 is 5.36. The number of methoxy groups -OCH3 is 1. The van der Waals surface area contributed by atoms with Gasteiger partial charge in [-0.15, -0.1) is 0 Å². The minimum Gasteiger partial charge on any atom is -0.497 e. The summed E-state index contributed by atoms with van der Waals surface area (Å²) in [5, 5.41) is 3.52. The average molecular weight is 396 g/mol. The largest absolute Gasteiger partial charge is 0.497 e. The van der Waals surface area contributed by atoms with Crippen LogP contribution in [0, 0.1) is 5.41 Å². The van der Waals surface area contributed by atoms with Gasteiger partial charge in [0.05, 0.1) is 13.2 Å². The van der Waals surface area contributed by atoms with Crippen LogP contribution in [0.5, 0.6) is 5.75 Å². The fourth-order valence-corrected chi connectivity index (χ4v) is 3.58. The maximum Gasteiger partial charge on any atom is 0.155 e. The molecule has 0 unspecified atom stereocenters. The quantitative estimate of drug-likeness (QED) is 0.640. The lowest BCUT2D eigenvalue weighted by Crippen LogP contribution is -2.51. The highest BCUT2D eigenvalue weighted by molar-refractivity contribution is 5.89. The first-order valence-corrected chi connectivity index (χ1v) is 10.5. The normalized spacial score (nSPS) is 13.2. The number of ketones is 1. The van der Waals surface area contributed by atoms with Crippen molar-refractivity contribution in [3.63, 3.8) is 0 Å². The zero-order valence-corrected chi connectivity index (χ0v) is 19.3. The van der Waals surface area contributed by atoms with Gasteiger partial charge in [0, 0.05) is 11.0 Å². The van der Waals surface area contributed by atoms with E-state index in [0.717, 1.165) is 12.2 Å². The summed E-state index contributed by atoms with van der Waals surface area (Å²) in [6.07, 6.45) is 1.64. The van der Waals surface area contributed by atoms with Gasteiger partial charge in [0.25, 0.3) is 0 Å². The molecule has 0 spiro atoms. The van der Waals surface area contributed by atoms with Crippen LogP contribution in [0.1, 0.15) is 59.6 Å². The molecular weight excluding hydrogens is 358 g/mol. The van der Waals surface area contributed by atoms with Crippen LogP contribution in [0.2, 0.25) is 0 Å². The maximum atomic E-state index is 13.0.